The molecule has 1 fully saturated rings. The maximum absolute atomic E-state index is 12.9. The molecule has 3 heterocycles. The van der Waals surface area contributed by atoms with Crippen LogP contribution >= 0.6 is 0 Å². The van der Waals surface area contributed by atoms with Gasteiger partial charge in [-0.3, -0.25) is 9.89 Å². The Morgan fingerprint density at radius 1 is 1.39 bits per heavy atom. The number of likely N-dealkylation sites (tertiary alicyclic amines) is 1. The van der Waals surface area contributed by atoms with Crippen LogP contribution in [0.25, 0.3) is 0 Å². The zero-order valence-corrected chi connectivity index (χ0v) is 13.9. The van der Waals surface area contributed by atoms with Crippen molar-refractivity contribution >= 4 is 5.91 Å². The van der Waals surface area contributed by atoms with Crippen molar-refractivity contribution in [2.24, 2.45) is 0 Å². The highest BCUT2D eigenvalue weighted by Crippen LogP contribution is 2.29. The van der Waals surface area contributed by atoms with E-state index in [1.54, 1.807) is 6.92 Å². The molecule has 0 spiro atoms. The third-order valence-corrected chi connectivity index (χ3v) is 4.29. The molecular formula is C16H23N5O2. The van der Waals surface area contributed by atoms with E-state index >= 15 is 0 Å². The third-order valence-electron chi connectivity index (χ3n) is 4.29. The fraction of sp³-hybridized carbons (Fsp3) is 0.625. The number of nitrogens with zero attached hydrogens (tertiary/aromatic N) is 4. The Morgan fingerprint density at radius 2 is 2.22 bits per heavy atom. The molecule has 23 heavy (non-hydrogen) atoms. The second-order valence-electron chi connectivity index (χ2n) is 6.40. The molecule has 124 valence electrons. The van der Waals surface area contributed by atoms with Gasteiger partial charge in [-0.25, -0.2) is 0 Å². The second-order valence-corrected chi connectivity index (χ2v) is 6.40. The molecule has 1 atom stereocenters. The first-order chi connectivity index (χ1) is 11.1. The van der Waals surface area contributed by atoms with Gasteiger partial charge in [-0.1, -0.05) is 31.8 Å². The molecule has 1 aliphatic rings. The molecule has 2 aromatic heterocycles. The van der Waals surface area contributed by atoms with E-state index in [4.69, 9.17) is 4.52 Å². The zero-order valence-electron chi connectivity index (χ0n) is 13.9. The molecule has 2 aromatic rings. The first kappa shape index (κ1) is 15.7. The van der Waals surface area contributed by atoms with Crippen LogP contribution in [0.3, 0.4) is 0 Å². The molecule has 3 rings (SSSR count). The maximum Gasteiger partial charge on any atom is 0.274 e. The van der Waals surface area contributed by atoms with Gasteiger partial charge < -0.3 is 9.42 Å². The smallest absolute Gasteiger partial charge is 0.274 e. The summed E-state index contributed by atoms with van der Waals surface area (Å²) < 4.78 is 5.11. The summed E-state index contributed by atoms with van der Waals surface area (Å²) in [6, 6.07) is 1.71. The standard InChI is InChI=1S/C16H23N5O2/c1-10(2)12-9-13(19-18-12)16(22)21-8-6-4-5-7-14(21)15-17-11(3)23-20-15/h9-10,14H,4-8H2,1-3H3,(H,18,19)/t14-/m0/s1. The first-order valence-corrected chi connectivity index (χ1v) is 8.22. The molecular weight excluding hydrogens is 294 g/mol. The summed E-state index contributed by atoms with van der Waals surface area (Å²) in [6.07, 6.45) is 4.00. The van der Waals surface area contributed by atoms with Gasteiger partial charge in [-0.2, -0.15) is 10.1 Å². The summed E-state index contributed by atoms with van der Waals surface area (Å²) in [6.45, 7) is 6.60. The number of carbonyl (C=O) groups excluding carboxylic acids is 1. The summed E-state index contributed by atoms with van der Waals surface area (Å²) in [7, 11) is 0. The zero-order chi connectivity index (χ0) is 16.4. The van der Waals surface area contributed by atoms with E-state index < -0.39 is 0 Å². The van der Waals surface area contributed by atoms with Crippen molar-refractivity contribution in [3.8, 4) is 0 Å². The topological polar surface area (TPSA) is 87.9 Å². The summed E-state index contributed by atoms with van der Waals surface area (Å²) in [4.78, 5) is 19.1. The number of H-pyrrole nitrogens is 1. The molecule has 0 unspecified atom stereocenters. The van der Waals surface area contributed by atoms with E-state index in [9.17, 15) is 4.79 Å². The second kappa shape index (κ2) is 6.52. The number of aromatic nitrogens is 4. The lowest BCUT2D eigenvalue weighted by Crippen LogP contribution is -2.35. The lowest BCUT2D eigenvalue weighted by atomic mass is 10.1. The van der Waals surface area contributed by atoms with E-state index in [1.807, 2.05) is 11.0 Å². The lowest BCUT2D eigenvalue weighted by Gasteiger charge is -2.27. The van der Waals surface area contributed by atoms with Crippen LogP contribution in [0.5, 0.6) is 0 Å². The highest BCUT2D eigenvalue weighted by Gasteiger charge is 2.31. The van der Waals surface area contributed by atoms with Crippen LogP contribution < -0.4 is 0 Å². The van der Waals surface area contributed by atoms with Gasteiger partial charge in [0.1, 0.15) is 5.69 Å². The van der Waals surface area contributed by atoms with Crippen molar-refractivity contribution in [2.45, 2.75) is 58.4 Å². The Balaban J connectivity index is 1.87. The van der Waals surface area contributed by atoms with E-state index in [0.717, 1.165) is 31.4 Å². The number of amides is 1. The molecule has 1 aliphatic heterocycles. The minimum absolute atomic E-state index is 0.0671. The molecule has 7 heteroatoms. The number of aryl methyl sites for hydroxylation is 1. The van der Waals surface area contributed by atoms with E-state index in [-0.39, 0.29) is 11.9 Å². The molecule has 1 amide bonds. The summed E-state index contributed by atoms with van der Waals surface area (Å²) in [5.41, 5.74) is 1.43. The Labute approximate surface area is 135 Å². The van der Waals surface area contributed by atoms with E-state index in [0.29, 0.717) is 29.9 Å². The fourth-order valence-corrected chi connectivity index (χ4v) is 2.96. The van der Waals surface area contributed by atoms with Crippen LogP contribution in [-0.4, -0.2) is 37.7 Å². The third kappa shape index (κ3) is 3.28. The Bertz CT molecular complexity index is 676. The molecule has 0 aromatic carbocycles. The van der Waals surface area contributed by atoms with Gasteiger partial charge in [-0.05, 0) is 24.8 Å². The van der Waals surface area contributed by atoms with Gasteiger partial charge in [-0.15, -0.1) is 0 Å². The minimum atomic E-state index is -0.137. The quantitative estimate of drug-likeness (QED) is 0.940. The van der Waals surface area contributed by atoms with Crippen LogP contribution in [0.15, 0.2) is 10.6 Å². The van der Waals surface area contributed by atoms with Crippen molar-refractivity contribution in [1.29, 1.82) is 0 Å². The van der Waals surface area contributed by atoms with Gasteiger partial charge in [0.15, 0.2) is 5.82 Å². The van der Waals surface area contributed by atoms with Crippen LogP contribution in [0.4, 0.5) is 0 Å². The van der Waals surface area contributed by atoms with Gasteiger partial charge >= 0.3 is 0 Å². The fourth-order valence-electron chi connectivity index (χ4n) is 2.96. The molecule has 0 bridgehead atoms. The first-order valence-electron chi connectivity index (χ1n) is 8.22. The van der Waals surface area contributed by atoms with Crippen molar-refractivity contribution in [2.75, 3.05) is 6.54 Å². The molecule has 0 saturated carbocycles. The Morgan fingerprint density at radius 3 is 2.87 bits per heavy atom. The molecule has 7 nitrogen and oxygen atoms in total. The van der Waals surface area contributed by atoms with Crippen LogP contribution in [-0.2, 0) is 0 Å². The Kier molecular flexibility index (Phi) is 4.45. The average molecular weight is 317 g/mol. The molecule has 0 aliphatic carbocycles. The van der Waals surface area contributed by atoms with Crippen LogP contribution in [0, 0.1) is 6.92 Å². The highest BCUT2D eigenvalue weighted by atomic mass is 16.5. The Hall–Kier alpha value is -2.18. The summed E-state index contributed by atoms with van der Waals surface area (Å²) in [5, 5.41) is 11.2. The van der Waals surface area contributed by atoms with Gasteiger partial charge in [0, 0.05) is 19.2 Å². The largest absolute Gasteiger partial charge is 0.340 e. The predicted molar refractivity (Wildman–Crippen MR) is 84.0 cm³/mol. The number of aromatic amines is 1. The number of nitrogens with one attached hydrogen (secondary N) is 1. The summed E-state index contributed by atoms with van der Waals surface area (Å²) in [5.74, 6) is 1.36. The van der Waals surface area contributed by atoms with Crippen molar-refractivity contribution in [3.63, 3.8) is 0 Å². The highest BCUT2D eigenvalue weighted by molar-refractivity contribution is 5.92. The number of carbonyl (C=O) groups is 1. The van der Waals surface area contributed by atoms with E-state index in [1.165, 1.54) is 0 Å². The van der Waals surface area contributed by atoms with Crippen LogP contribution in [0.2, 0.25) is 0 Å². The van der Waals surface area contributed by atoms with Crippen molar-refractivity contribution < 1.29 is 9.32 Å². The van der Waals surface area contributed by atoms with Gasteiger partial charge in [0.25, 0.3) is 5.91 Å². The number of hydrogen-bond donors (Lipinski definition) is 1. The molecule has 0 radical (unpaired) electrons. The number of rotatable bonds is 3. The van der Waals surface area contributed by atoms with Gasteiger partial charge in [0.2, 0.25) is 5.89 Å². The number of hydrogen-bond acceptors (Lipinski definition) is 5. The van der Waals surface area contributed by atoms with Gasteiger partial charge in [0.05, 0.1) is 6.04 Å². The monoisotopic (exact) mass is 317 g/mol. The SMILES string of the molecule is Cc1nc([C@@H]2CCCCCN2C(=O)c2cc(C(C)C)[nH]n2)no1. The predicted octanol–water partition coefficient (Wildman–Crippen LogP) is 2.98. The molecule has 1 N–H and O–H groups in total. The summed E-state index contributed by atoms with van der Waals surface area (Å²) >= 11 is 0. The minimum Gasteiger partial charge on any atom is -0.340 e. The van der Waals surface area contributed by atoms with Crippen LogP contribution in [0.1, 0.15) is 79.4 Å². The molecule has 1 saturated heterocycles. The lowest BCUT2D eigenvalue weighted by molar-refractivity contribution is 0.0664. The van der Waals surface area contributed by atoms with Crippen molar-refractivity contribution in [3.05, 3.63) is 29.2 Å². The van der Waals surface area contributed by atoms with Crippen molar-refractivity contribution in [1.82, 2.24) is 25.2 Å². The van der Waals surface area contributed by atoms with E-state index in [2.05, 4.69) is 34.2 Å². The maximum atomic E-state index is 12.9. The normalized spacial score (nSPS) is 19.1. The average Bonchev–Trinajstić information content (AvgIpc) is 3.10.